The highest BCUT2D eigenvalue weighted by Crippen LogP contribution is 2.34. The highest BCUT2D eigenvalue weighted by molar-refractivity contribution is 6.09. The average molecular weight is 364 g/mol. The van der Waals surface area contributed by atoms with Crippen molar-refractivity contribution in [2.75, 3.05) is 11.9 Å². The minimum absolute atomic E-state index is 0.202. The van der Waals surface area contributed by atoms with E-state index in [9.17, 15) is 19.2 Å². The number of amides is 4. The van der Waals surface area contributed by atoms with Crippen LogP contribution in [0.2, 0.25) is 0 Å². The molecule has 1 saturated heterocycles. The first-order valence-corrected chi connectivity index (χ1v) is 8.38. The van der Waals surface area contributed by atoms with Crippen LogP contribution in [0.5, 0.6) is 0 Å². The first kappa shape index (κ1) is 17.9. The van der Waals surface area contributed by atoms with Crippen LogP contribution < -0.4 is 10.6 Å². The molecule has 0 bridgehead atoms. The summed E-state index contributed by atoms with van der Waals surface area (Å²) in [6.07, 6.45) is 1.71. The lowest BCUT2D eigenvalue weighted by molar-refractivity contribution is -0.155. The Morgan fingerprint density at radius 1 is 1.42 bits per heavy atom. The summed E-state index contributed by atoms with van der Waals surface area (Å²) in [6, 6.07) is 0.907. The Balaban J connectivity index is 1.54. The largest absolute Gasteiger partial charge is 0.451 e. The van der Waals surface area contributed by atoms with Gasteiger partial charge in [-0.05, 0) is 26.7 Å². The van der Waals surface area contributed by atoms with Gasteiger partial charge in [-0.1, -0.05) is 18.0 Å². The van der Waals surface area contributed by atoms with Crippen molar-refractivity contribution in [2.24, 2.45) is 0 Å². The molecule has 26 heavy (non-hydrogen) atoms. The first-order valence-electron chi connectivity index (χ1n) is 8.38. The van der Waals surface area contributed by atoms with Gasteiger partial charge in [-0.25, -0.2) is 4.79 Å². The number of hydrogen-bond donors (Lipinski definition) is 2. The molecule has 0 unspecified atom stereocenters. The van der Waals surface area contributed by atoms with Crippen LogP contribution in [-0.2, 0) is 19.1 Å². The Bertz CT molecular complexity index is 752. The summed E-state index contributed by atoms with van der Waals surface area (Å²) >= 11 is 0. The standard InChI is InChI=1S/C16H20N4O6/c1-9-7-11(19-26-9)17-13(22)10(2)25-12(21)8-20-14(23)16(18-15(20)24)5-3-4-6-16/h7,10H,3-6,8H2,1-2H3,(H,18,24)(H,17,19,22)/t10-/m0/s1. The Morgan fingerprint density at radius 2 is 2.12 bits per heavy atom. The number of hydrogen-bond acceptors (Lipinski definition) is 7. The van der Waals surface area contributed by atoms with Crippen LogP contribution in [0.1, 0.15) is 38.4 Å². The molecule has 1 aromatic heterocycles. The third kappa shape index (κ3) is 3.39. The van der Waals surface area contributed by atoms with Crippen molar-refractivity contribution < 1.29 is 28.4 Å². The van der Waals surface area contributed by atoms with Gasteiger partial charge in [0.2, 0.25) is 0 Å². The lowest BCUT2D eigenvalue weighted by Crippen LogP contribution is -2.44. The number of aryl methyl sites for hydroxylation is 1. The molecule has 140 valence electrons. The van der Waals surface area contributed by atoms with Gasteiger partial charge in [0.15, 0.2) is 11.9 Å². The number of aromatic nitrogens is 1. The predicted octanol–water partition coefficient (Wildman–Crippen LogP) is 0.718. The molecule has 3 rings (SSSR count). The number of rotatable bonds is 5. The van der Waals surface area contributed by atoms with Crippen LogP contribution in [0.25, 0.3) is 0 Å². The Labute approximate surface area is 149 Å². The fourth-order valence-electron chi connectivity index (χ4n) is 3.21. The normalized spacial score (nSPS) is 19.5. The lowest BCUT2D eigenvalue weighted by Gasteiger charge is -2.20. The monoisotopic (exact) mass is 364 g/mol. The molecule has 0 aromatic carbocycles. The maximum Gasteiger partial charge on any atom is 0.327 e. The number of ether oxygens (including phenoxy) is 1. The van der Waals surface area contributed by atoms with Crippen LogP contribution in [0.4, 0.5) is 10.6 Å². The van der Waals surface area contributed by atoms with Crippen LogP contribution in [0.15, 0.2) is 10.6 Å². The van der Waals surface area contributed by atoms with E-state index in [0.29, 0.717) is 18.6 Å². The van der Waals surface area contributed by atoms with Crippen LogP contribution >= 0.6 is 0 Å². The van der Waals surface area contributed by atoms with Crippen molar-refractivity contribution in [3.8, 4) is 0 Å². The maximum absolute atomic E-state index is 12.5. The van der Waals surface area contributed by atoms with Crippen LogP contribution in [0, 0.1) is 6.92 Å². The van der Waals surface area contributed by atoms with Crippen molar-refractivity contribution in [1.29, 1.82) is 0 Å². The average Bonchev–Trinajstić information content (AvgIpc) is 3.26. The van der Waals surface area contributed by atoms with Gasteiger partial charge in [-0.3, -0.25) is 19.3 Å². The molecule has 1 aliphatic heterocycles. The minimum Gasteiger partial charge on any atom is -0.451 e. The van der Waals surface area contributed by atoms with Gasteiger partial charge in [0, 0.05) is 6.07 Å². The van der Waals surface area contributed by atoms with Crippen LogP contribution in [-0.4, -0.2) is 52.1 Å². The second kappa shape index (κ2) is 6.77. The first-order chi connectivity index (χ1) is 12.3. The zero-order valence-electron chi connectivity index (χ0n) is 14.5. The molecule has 4 amide bonds. The van der Waals surface area contributed by atoms with Gasteiger partial charge in [-0.2, -0.15) is 0 Å². The van der Waals surface area contributed by atoms with E-state index in [1.54, 1.807) is 6.92 Å². The summed E-state index contributed by atoms with van der Waals surface area (Å²) in [5.74, 6) is -1.14. The second-order valence-corrected chi connectivity index (χ2v) is 6.55. The van der Waals surface area contributed by atoms with Gasteiger partial charge in [0.25, 0.3) is 11.8 Å². The zero-order chi connectivity index (χ0) is 18.9. The fourth-order valence-corrected chi connectivity index (χ4v) is 3.21. The molecule has 10 heteroatoms. The molecule has 1 aromatic rings. The van der Waals surface area contributed by atoms with Crippen LogP contribution in [0.3, 0.4) is 0 Å². The number of nitrogens with zero attached hydrogens (tertiary/aromatic N) is 2. The molecular weight excluding hydrogens is 344 g/mol. The molecule has 1 spiro atoms. The molecule has 2 N–H and O–H groups in total. The number of imide groups is 1. The van der Waals surface area contributed by atoms with E-state index in [-0.39, 0.29) is 5.82 Å². The molecular formula is C16H20N4O6. The molecule has 2 fully saturated rings. The summed E-state index contributed by atoms with van der Waals surface area (Å²) in [5, 5.41) is 8.72. The SMILES string of the molecule is Cc1cc(NC(=O)[C@H](C)OC(=O)CN2C(=O)NC3(CCCC3)C2=O)no1. The summed E-state index contributed by atoms with van der Waals surface area (Å²) in [6.45, 7) is 2.51. The number of nitrogens with one attached hydrogen (secondary N) is 2. The Kier molecular flexibility index (Phi) is 4.66. The van der Waals surface area contributed by atoms with E-state index in [4.69, 9.17) is 9.26 Å². The quantitative estimate of drug-likeness (QED) is 0.581. The maximum atomic E-state index is 12.5. The van der Waals surface area contributed by atoms with Crippen molar-refractivity contribution >= 4 is 29.6 Å². The van der Waals surface area contributed by atoms with Gasteiger partial charge in [0.05, 0.1) is 0 Å². The minimum atomic E-state index is -1.12. The zero-order valence-corrected chi connectivity index (χ0v) is 14.5. The molecule has 0 radical (unpaired) electrons. The molecule has 2 aliphatic rings. The summed E-state index contributed by atoms with van der Waals surface area (Å²) in [5.41, 5.74) is -0.884. The Hall–Kier alpha value is -2.91. The molecule has 2 heterocycles. The highest BCUT2D eigenvalue weighted by Gasteiger charge is 2.52. The number of esters is 1. The topological polar surface area (TPSA) is 131 Å². The van der Waals surface area contributed by atoms with E-state index in [2.05, 4.69) is 15.8 Å². The number of carbonyl (C=O) groups is 4. The molecule has 1 aliphatic carbocycles. The number of carbonyl (C=O) groups excluding carboxylic acids is 4. The highest BCUT2D eigenvalue weighted by atomic mass is 16.5. The van der Waals surface area contributed by atoms with Gasteiger partial charge in [-0.15, -0.1) is 0 Å². The third-order valence-corrected chi connectivity index (χ3v) is 4.55. The summed E-state index contributed by atoms with van der Waals surface area (Å²) in [4.78, 5) is 49.4. The van der Waals surface area contributed by atoms with Crippen molar-refractivity contribution in [3.63, 3.8) is 0 Å². The van der Waals surface area contributed by atoms with Gasteiger partial charge >= 0.3 is 12.0 Å². The van der Waals surface area contributed by atoms with E-state index in [0.717, 1.165) is 17.7 Å². The number of anilines is 1. The Morgan fingerprint density at radius 3 is 2.73 bits per heavy atom. The van der Waals surface area contributed by atoms with Gasteiger partial charge < -0.3 is 19.9 Å². The van der Waals surface area contributed by atoms with E-state index < -0.39 is 42.0 Å². The molecule has 1 saturated carbocycles. The van der Waals surface area contributed by atoms with E-state index in [1.807, 2.05) is 0 Å². The third-order valence-electron chi connectivity index (χ3n) is 4.55. The summed E-state index contributed by atoms with van der Waals surface area (Å²) in [7, 11) is 0. The van der Waals surface area contributed by atoms with Crippen molar-refractivity contribution in [3.05, 3.63) is 11.8 Å². The predicted molar refractivity (Wildman–Crippen MR) is 86.9 cm³/mol. The van der Waals surface area contributed by atoms with E-state index in [1.165, 1.54) is 13.0 Å². The van der Waals surface area contributed by atoms with Crippen molar-refractivity contribution in [2.45, 2.75) is 51.2 Å². The van der Waals surface area contributed by atoms with E-state index >= 15 is 0 Å². The molecule has 1 atom stereocenters. The molecule has 10 nitrogen and oxygen atoms in total. The summed E-state index contributed by atoms with van der Waals surface area (Å²) < 4.78 is 9.84. The van der Waals surface area contributed by atoms with Gasteiger partial charge in [0.1, 0.15) is 17.8 Å². The van der Waals surface area contributed by atoms with Crippen molar-refractivity contribution in [1.82, 2.24) is 15.4 Å². The second-order valence-electron chi connectivity index (χ2n) is 6.55. The number of urea groups is 1. The lowest BCUT2D eigenvalue weighted by atomic mass is 9.98. The smallest absolute Gasteiger partial charge is 0.327 e. The fraction of sp³-hybridized carbons (Fsp3) is 0.562.